The Morgan fingerprint density at radius 1 is 1.23 bits per heavy atom. The van der Waals surface area contributed by atoms with E-state index in [1.807, 2.05) is 0 Å². The average molecular weight is 349 g/mol. The Kier molecular flexibility index (Phi) is 4.06. The molecule has 4 aromatic rings. The molecular formula is C18H15N5O3. The summed E-state index contributed by atoms with van der Waals surface area (Å²) in [7, 11) is 0. The molecular weight excluding hydrogens is 334 g/mol. The predicted molar refractivity (Wildman–Crippen MR) is 94.7 cm³/mol. The van der Waals surface area contributed by atoms with Gasteiger partial charge in [0.15, 0.2) is 17.2 Å². The van der Waals surface area contributed by atoms with Crippen molar-refractivity contribution in [3.63, 3.8) is 0 Å². The molecule has 0 atom stereocenters. The minimum absolute atomic E-state index is 0.148. The molecule has 0 unspecified atom stereocenters. The summed E-state index contributed by atoms with van der Waals surface area (Å²) in [6.45, 7) is 0.342. The molecule has 0 fully saturated rings. The fraction of sp³-hybridized carbons (Fsp3) is 0.111. The van der Waals surface area contributed by atoms with Gasteiger partial charge in [0.2, 0.25) is 0 Å². The Morgan fingerprint density at radius 2 is 2.15 bits per heavy atom. The monoisotopic (exact) mass is 349 g/mol. The molecule has 0 aliphatic rings. The molecule has 26 heavy (non-hydrogen) atoms. The highest BCUT2D eigenvalue weighted by Crippen LogP contribution is 2.21. The number of rotatable bonds is 5. The minimum Gasteiger partial charge on any atom is -0.461 e. The van der Waals surface area contributed by atoms with E-state index in [1.54, 1.807) is 42.8 Å². The summed E-state index contributed by atoms with van der Waals surface area (Å²) in [5, 5.41) is 2.82. The van der Waals surface area contributed by atoms with Crippen molar-refractivity contribution in [3.8, 4) is 11.6 Å². The van der Waals surface area contributed by atoms with Gasteiger partial charge in [0.25, 0.3) is 11.5 Å². The van der Waals surface area contributed by atoms with Crippen LogP contribution in [0.2, 0.25) is 0 Å². The maximum atomic E-state index is 12.5. The maximum Gasteiger partial charge on any atom is 0.253 e. The van der Waals surface area contributed by atoms with Crippen LogP contribution in [0.1, 0.15) is 15.9 Å². The second-order valence-electron chi connectivity index (χ2n) is 5.65. The van der Waals surface area contributed by atoms with Gasteiger partial charge in [-0.25, -0.2) is 9.97 Å². The van der Waals surface area contributed by atoms with Crippen molar-refractivity contribution in [1.29, 1.82) is 0 Å². The summed E-state index contributed by atoms with van der Waals surface area (Å²) in [5.41, 5.74) is 1.87. The van der Waals surface area contributed by atoms with Crippen LogP contribution in [-0.4, -0.2) is 32.4 Å². The number of furan rings is 1. The fourth-order valence-electron chi connectivity index (χ4n) is 2.69. The molecule has 0 radical (unpaired) electrons. The van der Waals surface area contributed by atoms with Crippen LogP contribution >= 0.6 is 0 Å². The van der Waals surface area contributed by atoms with Gasteiger partial charge in [0, 0.05) is 24.5 Å². The number of amides is 1. The van der Waals surface area contributed by atoms with E-state index in [1.165, 1.54) is 6.20 Å². The highest BCUT2D eigenvalue weighted by molar-refractivity contribution is 6.04. The lowest BCUT2D eigenvalue weighted by molar-refractivity contribution is 0.0955. The van der Waals surface area contributed by atoms with E-state index in [0.29, 0.717) is 46.8 Å². The molecule has 0 aliphatic heterocycles. The smallest absolute Gasteiger partial charge is 0.253 e. The van der Waals surface area contributed by atoms with Crippen molar-refractivity contribution in [1.82, 2.24) is 25.3 Å². The predicted octanol–water partition coefficient (Wildman–Crippen LogP) is 1.88. The molecule has 0 aliphatic carbocycles. The molecule has 0 aromatic carbocycles. The first-order chi connectivity index (χ1) is 12.7. The molecule has 0 saturated heterocycles. The molecule has 0 saturated carbocycles. The SMILES string of the molecule is O=C(NCCc1ccc[nH]c1=O)c1ccnc2nc(-c3ccco3)[nH]c12. The summed E-state index contributed by atoms with van der Waals surface area (Å²) in [4.78, 5) is 38.4. The van der Waals surface area contributed by atoms with Gasteiger partial charge in [-0.3, -0.25) is 9.59 Å². The maximum absolute atomic E-state index is 12.5. The quantitative estimate of drug-likeness (QED) is 0.509. The van der Waals surface area contributed by atoms with Gasteiger partial charge in [-0.1, -0.05) is 6.07 Å². The Bertz CT molecular complexity index is 1110. The number of nitrogens with one attached hydrogen (secondary N) is 3. The summed E-state index contributed by atoms with van der Waals surface area (Å²) in [5.74, 6) is 0.811. The zero-order chi connectivity index (χ0) is 17.9. The van der Waals surface area contributed by atoms with Crippen LogP contribution in [0.4, 0.5) is 0 Å². The number of carbonyl (C=O) groups excluding carboxylic acids is 1. The summed E-state index contributed by atoms with van der Waals surface area (Å²) in [6, 6.07) is 8.65. The molecule has 130 valence electrons. The van der Waals surface area contributed by atoms with Gasteiger partial charge in [-0.2, -0.15) is 0 Å². The van der Waals surface area contributed by atoms with Crippen LogP contribution < -0.4 is 10.9 Å². The molecule has 1 amide bonds. The van der Waals surface area contributed by atoms with Crippen molar-refractivity contribution in [3.05, 3.63) is 70.5 Å². The molecule has 8 nitrogen and oxygen atoms in total. The normalized spacial score (nSPS) is 10.9. The third-order valence-corrected chi connectivity index (χ3v) is 3.97. The van der Waals surface area contributed by atoms with E-state index in [9.17, 15) is 9.59 Å². The Hall–Kier alpha value is -3.68. The van der Waals surface area contributed by atoms with Crippen LogP contribution in [0.15, 0.2) is 58.2 Å². The zero-order valence-corrected chi connectivity index (χ0v) is 13.7. The lowest BCUT2D eigenvalue weighted by atomic mass is 10.2. The number of H-pyrrole nitrogens is 2. The number of pyridine rings is 2. The van der Waals surface area contributed by atoms with Crippen LogP contribution in [0.3, 0.4) is 0 Å². The number of imidazole rings is 1. The van der Waals surface area contributed by atoms with E-state index in [4.69, 9.17) is 4.42 Å². The first-order valence-electron chi connectivity index (χ1n) is 8.06. The minimum atomic E-state index is -0.264. The van der Waals surface area contributed by atoms with Gasteiger partial charge in [-0.15, -0.1) is 0 Å². The van der Waals surface area contributed by atoms with Gasteiger partial charge >= 0.3 is 0 Å². The number of hydrogen-bond donors (Lipinski definition) is 3. The molecule has 4 aromatic heterocycles. The number of aromatic nitrogens is 4. The van der Waals surface area contributed by atoms with E-state index in [-0.39, 0.29) is 11.5 Å². The largest absolute Gasteiger partial charge is 0.461 e. The molecule has 0 spiro atoms. The first-order valence-corrected chi connectivity index (χ1v) is 8.06. The summed E-state index contributed by atoms with van der Waals surface area (Å²) >= 11 is 0. The third-order valence-electron chi connectivity index (χ3n) is 3.97. The van der Waals surface area contributed by atoms with Gasteiger partial charge < -0.3 is 19.7 Å². The number of hydrogen-bond acceptors (Lipinski definition) is 5. The van der Waals surface area contributed by atoms with Crippen molar-refractivity contribution in [2.75, 3.05) is 6.54 Å². The Balaban J connectivity index is 1.53. The van der Waals surface area contributed by atoms with Crippen LogP contribution in [0.25, 0.3) is 22.7 Å². The third kappa shape index (κ3) is 3.00. The fourth-order valence-corrected chi connectivity index (χ4v) is 2.69. The van der Waals surface area contributed by atoms with Crippen LogP contribution in [0.5, 0.6) is 0 Å². The Labute approximate surface area is 147 Å². The highest BCUT2D eigenvalue weighted by atomic mass is 16.3. The number of nitrogens with zero attached hydrogens (tertiary/aromatic N) is 2. The number of fused-ring (bicyclic) bond motifs is 1. The number of aromatic amines is 2. The van der Waals surface area contributed by atoms with Crippen molar-refractivity contribution in [2.45, 2.75) is 6.42 Å². The Morgan fingerprint density at radius 3 is 2.96 bits per heavy atom. The van der Waals surface area contributed by atoms with Crippen molar-refractivity contribution in [2.24, 2.45) is 0 Å². The second kappa shape index (κ2) is 6.67. The topological polar surface area (TPSA) is 117 Å². The van der Waals surface area contributed by atoms with E-state index < -0.39 is 0 Å². The molecule has 0 bridgehead atoms. The standard InChI is InChI=1S/C18H15N5O3/c24-17-11(3-1-7-20-17)5-8-21-18(25)12-6-9-19-16-14(12)22-15(23-16)13-4-2-10-26-13/h1-4,6-7,9-10H,5,8H2,(H,20,24)(H,21,25)(H,19,22,23). The van der Waals surface area contributed by atoms with E-state index in [2.05, 4.69) is 25.3 Å². The molecule has 4 rings (SSSR count). The van der Waals surface area contributed by atoms with Gasteiger partial charge in [0.1, 0.15) is 0 Å². The van der Waals surface area contributed by atoms with Gasteiger partial charge in [-0.05, 0) is 30.7 Å². The first kappa shape index (κ1) is 15.8. The molecule has 4 heterocycles. The van der Waals surface area contributed by atoms with Crippen molar-refractivity contribution >= 4 is 17.1 Å². The van der Waals surface area contributed by atoms with Crippen molar-refractivity contribution < 1.29 is 9.21 Å². The summed E-state index contributed by atoms with van der Waals surface area (Å²) < 4.78 is 5.32. The van der Waals surface area contributed by atoms with E-state index in [0.717, 1.165) is 0 Å². The second-order valence-corrected chi connectivity index (χ2v) is 5.65. The van der Waals surface area contributed by atoms with Gasteiger partial charge in [0.05, 0.1) is 17.3 Å². The van der Waals surface area contributed by atoms with Crippen LogP contribution in [-0.2, 0) is 6.42 Å². The average Bonchev–Trinajstić information content (AvgIpc) is 3.32. The zero-order valence-electron chi connectivity index (χ0n) is 13.7. The lowest BCUT2D eigenvalue weighted by Crippen LogP contribution is -2.27. The summed E-state index contributed by atoms with van der Waals surface area (Å²) in [6.07, 6.45) is 5.10. The van der Waals surface area contributed by atoms with Crippen LogP contribution in [0, 0.1) is 0 Å². The van der Waals surface area contributed by atoms with E-state index >= 15 is 0 Å². The number of carbonyl (C=O) groups is 1. The lowest BCUT2D eigenvalue weighted by Gasteiger charge is -2.05. The highest BCUT2D eigenvalue weighted by Gasteiger charge is 2.15. The molecule has 8 heteroatoms. The molecule has 3 N–H and O–H groups in total.